The highest BCUT2D eigenvalue weighted by Crippen LogP contribution is 2.46. The highest BCUT2D eigenvalue weighted by Gasteiger charge is 2.53. The number of hydrogen-bond donors (Lipinski definition) is 1. The second-order valence-corrected chi connectivity index (χ2v) is 6.19. The number of nitrogens with zero attached hydrogens (tertiary/aromatic N) is 5. The van der Waals surface area contributed by atoms with Crippen LogP contribution in [0.1, 0.15) is 30.6 Å². The van der Waals surface area contributed by atoms with Gasteiger partial charge in [-0.3, -0.25) is 14.4 Å². The van der Waals surface area contributed by atoms with E-state index in [0.29, 0.717) is 17.6 Å². The van der Waals surface area contributed by atoms with E-state index in [1.807, 2.05) is 13.8 Å². The summed E-state index contributed by atoms with van der Waals surface area (Å²) in [4.78, 5) is 22.8. The maximum Gasteiger partial charge on any atom is 0.232 e. The zero-order chi connectivity index (χ0) is 15.4. The van der Waals surface area contributed by atoms with E-state index in [-0.39, 0.29) is 17.9 Å². The van der Waals surface area contributed by atoms with E-state index < -0.39 is 0 Å². The van der Waals surface area contributed by atoms with Crippen molar-refractivity contribution < 1.29 is 4.79 Å². The first-order valence-electron chi connectivity index (χ1n) is 7.49. The van der Waals surface area contributed by atoms with E-state index in [0.717, 1.165) is 24.2 Å². The van der Waals surface area contributed by atoms with Gasteiger partial charge in [-0.25, -0.2) is 9.97 Å². The number of anilines is 2. The summed E-state index contributed by atoms with van der Waals surface area (Å²) in [5.74, 6) is 1.42. The van der Waals surface area contributed by atoms with E-state index in [9.17, 15) is 4.79 Å². The monoisotopic (exact) mass is 298 g/mol. The van der Waals surface area contributed by atoms with Crippen molar-refractivity contribution in [1.82, 2.24) is 19.7 Å². The van der Waals surface area contributed by atoms with E-state index >= 15 is 0 Å². The van der Waals surface area contributed by atoms with Gasteiger partial charge in [-0.2, -0.15) is 5.10 Å². The van der Waals surface area contributed by atoms with Crippen molar-refractivity contribution in [2.45, 2.75) is 26.3 Å². The number of fused-ring (bicyclic) bond motifs is 1. The van der Waals surface area contributed by atoms with Crippen molar-refractivity contribution in [3.05, 3.63) is 29.8 Å². The van der Waals surface area contributed by atoms with Crippen molar-refractivity contribution in [2.75, 3.05) is 17.2 Å². The fraction of sp³-hybridized carbons (Fsp3) is 0.467. The van der Waals surface area contributed by atoms with Gasteiger partial charge in [0, 0.05) is 36.1 Å². The first-order valence-corrected chi connectivity index (χ1v) is 7.49. The molecule has 114 valence electrons. The molecule has 1 saturated heterocycles. The minimum absolute atomic E-state index is 0.00553. The molecule has 2 N–H and O–H groups in total. The van der Waals surface area contributed by atoms with Crippen LogP contribution in [0.5, 0.6) is 0 Å². The minimum Gasteiger partial charge on any atom is -0.396 e. The highest BCUT2D eigenvalue weighted by atomic mass is 16.2. The van der Waals surface area contributed by atoms with Gasteiger partial charge < -0.3 is 5.73 Å². The Morgan fingerprint density at radius 3 is 2.82 bits per heavy atom. The Morgan fingerprint density at radius 2 is 2.23 bits per heavy atom. The lowest BCUT2D eigenvalue weighted by Crippen LogP contribution is -2.30. The second kappa shape index (κ2) is 4.53. The number of aromatic nitrogens is 4. The molecule has 3 heterocycles. The topological polar surface area (TPSA) is 89.9 Å². The van der Waals surface area contributed by atoms with Crippen molar-refractivity contribution in [3.8, 4) is 0 Å². The molecule has 1 saturated carbocycles. The standard InChI is InChI=1S/C15H18N6O/c1-8-13(9(2)21-7-11(16)4-18-21)5-17-15(19-8)20-6-10-3-12(10)14(20)22/h4-5,7,9-10,12H,3,6,16H2,1-2H3/t9?,10-,12-/m1/s1. The van der Waals surface area contributed by atoms with E-state index in [4.69, 9.17) is 5.73 Å². The fourth-order valence-electron chi connectivity index (χ4n) is 3.17. The molecule has 0 aromatic carbocycles. The summed E-state index contributed by atoms with van der Waals surface area (Å²) in [6.07, 6.45) is 6.23. The Hall–Kier alpha value is -2.44. The summed E-state index contributed by atoms with van der Waals surface area (Å²) in [7, 11) is 0. The Labute approximate surface area is 128 Å². The van der Waals surface area contributed by atoms with Crippen LogP contribution < -0.4 is 10.6 Å². The fourth-order valence-corrected chi connectivity index (χ4v) is 3.17. The van der Waals surface area contributed by atoms with Crippen LogP contribution in [0.15, 0.2) is 18.6 Å². The summed E-state index contributed by atoms with van der Waals surface area (Å²) < 4.78 is 1.79. The number of carbonyl (C=O) groups excluding carboxylic acids is 1. The molecule has 1 unspecified atom stereocenters. The molecule has 0 spiro atoms. The SMILES string of the molecule is Cc1nc(N2C[C@H]3C[C@H]3C2=O)ncc1C(C)n1cc(N)cn1. The average molecular weight is 298 g/mol. The number of hydrogen-bond acceptors (Lipinski definition) is 5. The lowest BCUT2D eigenvalue weighted by Gasteiger charge is -2.19. The van der Waals surface area contributed by atoms with Crippen LogP contribution in [0.4, 0.5) is 11.6 Å². The van der Waals surface area contributed by atoms with Crippen LogP contribution in [0.3, 0.4) is 0 Å². The number of rotatable bonds is 3. The number of piperidine rings is 1. The summed E-state index contributed by atoms with van der Waals surface area (Å²) in [5.41, 5.74) is 8.18. The molecule has 2 aromatic rings. The molecule has 4 rings (SSSR count). The molecule has 2 aliphatic rings. The van der Waals surface area contributed by atoms with E-state index in [2.05, 4.69) is 15.1 Å². The minimum atomic E-state index is -0.00553. The number of nitrogens with two attached hydrogens (primary N) is 1. The van der Waals surface area contributed by atoms with Crippen molar-refractivity contribution in [3.63, 3.8) is 0 Å². The molecule has 22 heavy (non-hydrogen) atoms. The number of aryl methyl sites for hydroxylation is 1. The van der Waals surface area contributed by atoms with Gasteiger partial charge in [0.05, 0.1) is 17.9 Å². The largest absolute Gasteiger partial charge is 0.396 e. The van der Waals surface area contributed by atoms with Gasteiger partial charge in [0.15, 0.2) is 0 Å². The molecule has 7 nitrogen and oxygen atoms in total. The van der Waals surface area contributed by atoms with Crippen molar-refractivity contribution >= 4 is 17.5 Å². The molecule has 3 atom stereocenters. The number of carbonyl (C=O) groups is 1. The zero-order valence-corrected chi connectivity index (χ0v) is 12.6. The van der Waals surface area contributed by atoms with Gasteiger partial charge in [0.25, 0.3) is 0 Å². The summed E-state index contributed by atoms with van der Waals surface area (Å²) >= 11 is 0. The van der Waals surface area contributed by atoms with E-state index in [1.165, 1.54) is 0 Å². The third-order valence-corrected chi connectivity index (χ3v) is 4.64. The van der Waals surface area contributed by atoms with Crippen molar-refractivity contribution in [2.24, 2.45) is 11.8 Å². The molecule has 7 heteroatoms. The molecule has 1 aliphatic carbocycles. The number of amides is 1. The maximum atomic E-state index is 12.1. The van der Waals surface area contributed by atoms with Crippen LogP contribution in [-0.4, -0.2) is 32.2 Å². The Kier molecular flexibility index (Phi) is 2.72. The van der Waals surface area contributed by atoms with Crippen LogP contribution >= 0.6 is 0 Å². The molecule has 2 aromatic heterocycles. The van der Waals surface area contributed by atoms with Crippen LogP contribution in [0.25, 0.3) is 0 Å². The van der Waals surface area contributed by atoms with Gasteiger partial charge in [0.2, 0.25) is 11.9 Å². The normalized spacial score (nSPS) is 24.5. The summed E-state index contributed by atoms with van der Waals surface area (Å²) in [6.45, 7) is 4.71. The second-order valence-electron chi connectivity index (χ2n) is 6.19. The van der Waals surface area contributed by atoms with E-state index in [1.54, 1.807) is 28.2 Å². The third-order valence-electron chi connectivity index (χ3n) is 4.64. The first kappa shape index (κ1) is 13.2. The van der Waals surface area contributed by atoms with Gasteiger partial charge in [-0.05, 0) is 26.2 Å². The van der Waals surface area contributed by atoms with Crippen LogP contribution in [-0.2, 0) is 4.79 Å². The Bertz CT molecular complexity index is 754. The zero-order valence-electron chi connectivity index (χ0n) is 12.6. The highest BCUT2D eigenvalue weighted by molar-refractivity contribution is 5.98. The molecular weight excluding hydrogens is 280 g/mol. The summed E-state index contributed by atoms with van der Waals surface area (Å²) in [6, 6.07) is -0.00553. The smallest absolute Gasteiger partial charge is 0.232 e. The van der Waals surface area contributed by atoms with Crippen LogP contribution in [0.2, 0.25) is 0 Å². The number of nitrogen functional groups attached to an aromatic ring is 1. The average Bonchev–Trinajstić information content (AvgIpc) is 3.02. The molecule has 1 amide bonds. The van der Waals surface area contributed by atoms with Gasteiger partial charge in [-0.15, -0.1) is 0 Å². The van der Waals surface area contributed by atoms with Gasteiger partial charge >= 0.3 is 0 Å². The molecule has 2 fully saturated rings. The summed E-state index contributed by atoms with van der Waals surface area (Å²) in [5, 5.41) is 4.23. The Balaban J connectivity index is 1.61. The Morgan fingerprint density at radius 1 is 1.41 bits per heavy atom. The lowest BCUT2D eigenvalue weighted by molar-refractivity contribution is -0.118. The maximum absolute atomic E-state index is 12.1. The molecule has 0 bridgehead atoms. The van der Waals surface area contributed by atoms with Gasteiger partial charge in [-0.1, -0.05) is 0 Å². The van der Waals surface area contributed by atoms with Crippen molar-refractivity contribution in [1.29, 1.82) is 0 Å². The predicted octanol–water partition coefficient (Wildman–Crippen LogP) is 1.16. The van der Waals surface area contributed by atoms with Gasteiger partial charge in [0.1, 0.15) is 0 Å². The van der Waals surface area contributed by atoms with Crippen LogP contribution in [0, 0.1) is 18.8 Å². The predicted molar refractivity (Wildman–Crippen MR) is 81.2 cm³/mol. The first-order chi connectivity index (χ1) is 10.5. The molecule has 1 aliphatic heterocycles. The molecule has 0 radical (unpaired) electrons. The third kappa shape index (κ3) is 1.96. The lowest BCUT2D eigenvalue weighted by atomic mass is 10.1. The molecular formula is C15H18N6O. The quantitative estimate of drug-likeness (QED) is 0.918.